The Hall–Kier alpha value is -1.92. The van der Waals surface area contributed by atoms with E-state index in [1.807, 2.05) is 17.9 Å². The molecule has 2 N–H and O–H groups in total. The fourth-order valence-electron chi connectivity index (χ4n) is 5.35. The van der Waals surface area contributed by atoms with E-state index in [0.717, 1.165) is 50.3 Å². The van der Waals surface area contributed by atoms with Crippen LogP contribution in [0, 0.1) is 18.8 Å². The zero-order valence-electron chi connectivity index (χ0n) is 16.9. The molecule has 1 saturated carbocycles. The van der Waals surface area contributed by atoms with Crippen LogP contribution in [0.15, 0.2) is 18.2 Å². The average Bonchev–Trinajstić information content (AvgIpc) is 3.31. The SMILES string of the molecule is CC(=O)Nc1ccc(C(=O)N2C[C@H]3C[C@@H](N4CCCC4)[C@H](O)C[C@H]3C2)cc1C. The lowest BCUT2D eigenvalue weighted by atomic mass is 9.77. The molecule has 3 fully saturated rings. The number of nitrogens with one attached hydrogen (secondary N) is 1. The zero-order chi connectivity index (χ0) is 19.8. The highest BCUT2D eigenvalue weighted by Gasteiger charge is 2.44. The lowest BCUT2D eigenvalue weighted by molar-refractivity contribution is -0.114. The number of aliphatic hydroxyl groups is 1. The molecule has 0 aromatic heterocycles. The number of likely N-dealkylation sites (tertiary alicyclic amines) is 2. The molecule has 6 nitrogen and oxygen atoms in total. The standard InChI is InChI=1S/C22H31N3O3/c1-14-9-16(5-6-19(14)23-15(2)26)22(28)25-12-17-10-20(24-7-3-4-8-24)21(27)11-18(17)13-25/h5-6,9,17-18,20-21,27H,3-4,7-8,10-13H2,1-2H3,(H,23,26)/t17-,18+,20-,21-/m1/s1. The first kappa shape index (κ1) is 19.4. The average molecular weight is 386 g/mol. The summed E-state index contributed by atoms with van der Waals surface area (Å²) in [6.45, 7) is 7.10. The predicted molar refractivity (Wildman–Crippen MR) is 108 cm³/mol. The number of fused-ring (bicyclic) bond motifs is 1. The third kappa shape index (κ3) is 3.80. The van der Waals surface area contributed by atoms with Crippen LogP contribution in [0.5, 0.6) is 0 Å². The topological polar surface area (TPSA) is 72.9 Å². The number of aliphatic hydroxyl groups excluding tert-OH is 1. The molecule has 152 valence electrons. The molecule has 28 heavy (non-hydrogen) atoms. The molecular formula is C22H31N3O3. The van der Waals surface area contributed by atoms with Gasteiger partial charge < -0.3 is 15.3 Å². The smallest absolute Gasteiger partial charge is 0.253 e. The first-order chi connectivity index (χ1) is 13.4. The van der Waals surface area contributed by atoms with Gasteiger partial charge in [0.2, 0.25) is 5.91 Å². The van der Waals surface area contributed by atoms with E-state index in [4.69, 9.17) is 0 Å². The minimum Gasteiger partial charge on any atom is -0.391 e. The lowest BCUT2D eigenvalue weighted by Gasteiger charge is -2.40. The Morgan fingerprint density at radius 2 is 1.79 bits per heavy atom. The molecule has 2 aliphatic heterocycles. The van der Waals surface area contributed by atoms with Crippen LogP contribution in [0.3, 0.4) is 0 Å². The van der Waals surface area contributed by atoms with E-state index in [-0.39, 0.29) is 24.0 Å². The van der Waals surface area contributed by atoms with Crippen molar-refractivity contribution in [1.29, 1.82) is 0 Å². The van der Waals surface area contributed by atoms with Crippen molar-refractivity contribution in [1.82, 2.24) is 9.80 Å². The summed E-state index contributed by atoms with van der Waals surface area (Å²) in [5.41, 5.74) is 2.31. The van der Waals surface area contributed by atoms with Gasteiger partial charge in [0.15, 0.2) is 0 Å². The maximum atomic E-state index is 13.1. The van der Waals surface area contributed by atoms with Gasteiger partial charge >= 0.3 is 0 Å². The van der Waals surface area contributed by atoms with Crippen molar-refractivity contribution in [2.24, 2.45) is 11.8 Å². The molecule has 2 heterocycles. The Balaban J connectivity index is 1.43. The number of anilines is 1. The van der Waals surface area contributed by atoms with Gasteiger partial charge in [0.1, 0.15) is 0 Å². The number of hydrogen-bond acceptors (Lipinski definition) is 4. The van der Waals surface area contributed by atoms with Crippen LogP contribution in [-0.2, 0) is 4.79 Å². The summed E-state index contributed by atoms with van der Waals surface area (Å²) in [6, 6.07) is 5.72. The molecule has 1 aromatic carbocycles. The molecule has 6 heteroatoms. The highest BCUT2D eigenvalue weighted by atomic mass is 16.3. The first-order valence-corrected chi connectivity index (χ1v) is 10.5. The summed E-state index contributed by atoms with van der Waals surface area (Å²) in [5, 5.41) is 13.5. The largest absolute Gasteiger partial charge is 0.391 e. The molecule has 1 aliphatic carbocycles. The third-order valence-corrected chi connectivity index (χ3v) is 6.79. The fourth-order valence-corrected chi connectivity index (χ4v) is 5.35. The summed E-state index contributed by atoms with van der Waals surface area (Å²) in [7, 11) is 0. The van der Waals surface area contributed by atoms with E-state index in [2.05, 4.69) is 10.2 Å². The van der Waals surface area contributed by atoms with Crippen LogP contribution in [0.25, 0.3) is 0 Å². The van der Waals surface area contributed by atoms with Gasteiger partial charge in [-0.05, 0) is 81.3 Å². The molecule has 2 amide bonds. The monoisotopic (exact) mass is 385 g/mol. The third-order valence-electron chi connectivity index (χ3n) is 6.79. The number of hydrogen-bond donors (Lipinski definition) is 2. The van der Waals surface area contributed by atoms with Crippen LogP contribution in [0.2, 0.25) is 0 Å². The van der Waals surface area contributed by atoms with Crippen LogP contribution in [-0.4, -0.2) is 65.0 Å². The van der Waals surface area contributed by atoms with Crippen LogP contribution >= 0.6 is 0 Å². The minimum absolute atomic E-state index is 0.0547. The maximum absolute atomic E-state index is 13.1. The molecule has 2 saturated heterocycles. The second-order valence-electron chi connectivity index (χ2n) is 8.79. The Bertz CT molecular complexity index is 759. The van der Waals surface area contributed by atoms with Gasteiger partial charge in [-0.3, -0.25) is 14.5 Å². The Labute approximate surface area is 166 Å². The van der Waals surface area contributed by atoms with E-state index >= 15 is 0 Å². The van der Waals surface area contributed by atoms with Gasteiger partial charge in [-0.1, -0.05) is 0 Å². The number of aryl methyl sites for hydroxylation is 1. The van der Waals surface area contributed by atoms with Crippen LogP contribution in [0.1, 0.15) is 48.5 Å². The van der Waals surface area contributed by atoms with Crippen molar-refractivity contribution in [2.45, 2.75) is 51.7 Å². The van der Waals surface area contributed by atoms with E-state index in [1.54, 1.807) is 12.1 Å². The quantitative estimate of drug-likeness (QED) is 0.837. The Kier molecular flexibility index (Phi) is 5.43. The second kappa shape index (κ2) is 7.84. The van der Waals surface area contributed by atoms with Gasteiger partial charge in [-0.2, -0.15) is 0 Å². The van der Waals surface area contributed by atoms with E-state index < -0.39 is 0 Å². The Morgan fingerprint density at radius 3 is 2.43 bits per heavy atom. The van der Waals surface area contributed by atoms with Crippen molar-refractivity contribution in [3.63, 3.8) is 0 Å². The first-order valence-electron chi connectivity index (χ1n) is 10.5. The van der Waals surface area contributed by atoms with Crippen molar-refractivity contribution in [2.75, 3.05) is 31.5 Å². The molecule has 4 atom stereocenters. The molecule has 0 bridgehead atoms. The predicted octanol–water partition coefficient (Wildman–Crippen LogP) is 2.26. The van der Waals surface area contributed by atoms with E-state index in [1.165, 1.54) is 19.8 Å². The molecule has 0 spiro atoms. The van der Waals surface area contributed by atoms with Gasteiger partial charge in [-0.25, -0.2) is 0 Å². The Morgan fingerprint density at radius 1 is 1.11 bits per heavy atom. The number of carbonyl (C=O) groups excluding carboxylic acids is 2. The van der Waals surface area contributed by atoms with Crippen molar-refractivity contribution < 1.29 is 14.7 Å². The second-order valence-corrected chi connectivity index (χ2v) is 8.79. The van der Waals surface area contributed by atoms with Crippen molar-refractivity contribution >= 4 is 17.5 Å². The number of carbonyl (C=O) groups is 2. The normalized spacial score (nSPS) is 30.3. The number of amides is 2. The van der Waals surface area contributed by atoms with Gasteiger partial charge in [0, 0.05) is 37.3 Å². The summed E-state index contributed by atoms with van der Waals surface area (Å²) in [4.78, 5) is 28.8. The van der Waals surface area contributed by atoms with Crippen LogP contribution in [0.4, 0.5) is 5.69 Å². The highest BCUT2D eigenvalue weighted by molar-refractivity contribution is 5.96. The number of nitrogens with zero attached hydrogens (tertiary/aromatic N) is 2. The van der Waals surface area contributed by atoms with Gasteiger partial charge in [-0.15, -0.1) is 0 Å². The van der Waals surface area contributed by atoms with Crippen molar-refractivity contribution in [3.8, 4) is 0 Å². The molecule has 0 radical (unpaired) electrons. The van der Waals surface area contributed by atoms with E-state index in [0.29, 0.717) is 17.4 Å². The molecule has 0 unspecified atom stereocenters. The number of rotatable bonds is 3. The molecule has 1 aromatic rings. The highest BCUT2D eigenvalue weighted by Crippen LogP contribution is 2.39. The summed E-state index contributed by atoms with van der Waals surface area (Å²) in [6.07, 6.45) is 3.99. The van der Waals surface area contributed by atoms with Crippen molar-refractivity contribution in [3.05, 3.63) is 29.3 Å². The lowest BCUT2D eigenvalue weighted by Crippen LogP contribution is -2.48. The molecular weight excluding hydrogens is 354 g/mol. The summed E-state index contributed by atoms with van der Waals surface area (Å²) in [5.74, 6) is 0.825. The van der Waals surface area contributed by atoms with Gasteiger partial charge in [0.25, 0.3) is 5.91 Å². The summed E-state index contributed by atoms with van der Waals surface area (Å²) < 4.78 is 0. The molecule has 4 rings (SSSR count). The summed E-state index contributed by atoms with van der Waals surface area (Å²) >= 11 is 0. The van der Waals surface area contributed by atoms with Crippen LogP contribution < -0.4 is 5.32 Å². The minimum atomic E-state index is -0.270. The number of benzene rings is 1. The van der Waals surface area contributed by atoms with Gasteiger partial charge in [0.05, 0.1) is 6.10 Å². The zero-order valence-corrected chi connectivity index (χ0v) is 16.9. The fraction of sp³-hybridized carbons (Fsp3) is 0.636. The molecule has 3 aliphatic rings. The maximum Gasteiger partial charge on any atom is 0.253 e. The van der Waals surface area contributed by atoms with E-state index in [9.17, 15) is 14.7 Å².